The first-order chi connectivity index (χ1) is 14.9. The van der Waals surface area contributed by atoms with Gasteiger partial charge in [0, 0.05) is 24.6 Å². The van der Waals surface area contributed by atoms with Crippen LogP contribution in [-0.4, -0.2) is 43.4 Å². The van der Waals surface area contributed by atoms with Crippen molar-refractivity contribution >= 4 is 11.7 Å². The standard InChI is InChI=1S/C22H16F7NO2/c1-3-18(31)32-11-17-14-7-5-4-6-13(14)16-10-12(8-9-15(16)17)19(30-2)20(23,24)21(25,26)22(27,28)29/h3-10,17H,1,11H2,2H3. The fourth-order valence-corrected chi connectivity index (χ4v) is 3.64. The average Bonchev–Trinajstić information content (AvgIpc) is 3.04. The number of ether oxygens (including phenoxy) is 1. The minimum atomic E-state index is -6.48. The van der Waals surface area contributed by atoms with E-state index >= 15 is 0 Å². The third-order valence-corrected chi connectivity index (χ3v) is 5.16. The average molecular weight is 459 g/mol. The molecule has 10 heteroatoms. The van der Waals surface area contributed by atoms with Crippen molar-refractivity contribution in [3.8, 4) is 11.1 Å². The summed E-state index contributed by atoms with van der Waals surface area (Å²) < 4.78 is 99.0. The SMILES string of the molecule is C=CC(=O)OCC1c2ccccc2-c2cc(C(=NC)C(F)(F)C(F)(F)C(F)(F)F)ccc21. The summed E-state index contributed by atoms with van der Waals surface area (Å²) in [6, 6.07) is 10.1. The van der Waals surface area contributed by atoms with Crippen LogP contribution in [0.25, 0.3) is 11.1 Å². The largest absolute Gasteiger partial charge is 0.462 e. The molecule has 1 atom stereocenters. The van der Waals surface area contributed by atoms with Gasteiger partial charge in [0.25, 0.3) is 0 Å². The van der Waals surface area contributed by atoms with Crippen molar-refractivity contribution in [1.29, 1.82) is 0 Å². The highest BCUT2D eigenvalue weighted by molar-refractivity contribution is 6.07. The molecule has 1 aliphatic carbocycles. The number of hydrogen-bond acceptors (Lipinski definition) is 3. The van der Waals surface area contributed by atoms with Crippen LogP contribution < -0.4 is 0 Å². The molecule has 3 nitrogen and oxygen atoms in total. The molecule has 2 aromatic rings. The van der Waals surface area contributed by atoms with E-state index in [4.69, 9.17) is 4.74 Å². The predicted molar refractivity (Wildman–Crippen MR) is 103 cm³/mol. The second-order valence-electron chi connectivity index (χ2n) is 6.99. The number of carbonyl (C=O) groups excluding carboxylic acids is 1. The van der Waals surface area contributed by atoms with E-state index in [1.807, 2.05) is 0 Å². The van der Waals surface area contributed by atoms with Crippen LogP contribution in [0.3, 0.4) is 0 Å². The van der Waals surface area contributed by atoms with Gasteiger partial charge < -0.3 is 4.74 Å². The van der Waals surface area contributed by atoms with Gasteiger partial charge in [0.1, 0.15) is 12.3 Å². The van der Waals surface area contributed by atoms with Gasteiger partial charge in [-0.3, -0.25) is 4.99 Å². The first-order valence-electron chi connectivity index (χ1n) is 9.19. The number of rotatable bonds is 6. The summed E-state index contributed by atoms with van der Waals surface area (Å²) in [5, 5.41) is 0. The van der Waals surface area contributed by atoms with Gasteiger partial charge in [-0.05, 0) is 28.3 Å². The van der Waals surface area contributed by atoms with Gasteiger partial charge in [-0.2, -0.15) is 30.7 Å². The quantitative estimate of drug-likeness (QED) is 0.238. The van der Waals surface area contributed by atoms with Crippen molar-refractivity contribution in [1.82, 2.24) is 0 Å². The fraction of sp³-hybridized carbons (Fsp3) is 0.273. The summed E-state index contributed by atoms with van der Waals surface area (Å²) >= 11 is 0. The van der Waals surface area contributed by atoms with Crippen LogP contribution in [0.1, 0.15) is 22.6 Å². The van der Waals surface area contributed by atoms with Gasteiger partial charge in [-0.15, -0.1) is 0 Å². The predicted octanol–water partition coefficient (Wildman–Crippen LogP) is 5.78. The smallest absolute Gasteiger partial charge is 0.460 e. The number of carbonyl (C=O) groups is 1. The third kappa shape index (κ3) is 3.67. The molecule has 0 aliphatic heterocycles. The summed E-state index contributed by atoms with van der Waals surface area (Å²) in [6.07, 6.45) is -5.51. The van der Waals surface area contributed by atoms with Crippen molar-refractivity contribution in [3.63, 3.8) is 0 Å². The highest BCUT2D eigenvalue weighted by Crippen LogP contribution is 2.49. The Morgan fingerprint density at radius 2 is 1.66 bits per heavy atom. The third-order valence-electron chi connectivity index (χ3n) is 5.16. The molecular weight excluding hydrogens is 443 g/mol. The normalized spacial score (nSPS) is 16.4. The lowest BCUT2D eigenvalue weighted by Gasteiger charge is -2.29. The van der Waals surface area contributed by atoms with Crippen LogP contribution in [-0.2, 0) is 9.53 Å². The topological polar surface area (TPSA) is 38.7 Å². The molecule has 0 saturated heterocycles. The molecular formula is C22H16F7NO2. The molecule has 0 spiro atoms. The lowest BCUT2D eigenvalue weighted by Crippen LogP contribution is -2.56. The van der Waals surface area contributed by atoms with Crippen LogP contribution in [0.5, 0.6) is 0 Å². The number of nitrogens with zero attached hydrogens (tertiary/aromatic N) is 1. The first-order valence-corrected chi connectivity index (χ1v) is 9.19. The van der Waals surface area contributed by atoms with E-state index in [9.17, 15) is 35.5 Å². The molecule has 0 fully saturated rings. The Balaban J connectivity index is 2.09. The van der Waals surface area contributed by atoms with E-state index in [0.29, 0.717) is 29.3 Å². The summed E-state index contributed by atoms with van der Waals surface area (Å²) in [6.45, 7) is 3.19. The number of aliphatic imine (C=N–C) groups is 1. The van der Waals surface area contributed by atoms with Gasteiger partial charge in [0.05, 0.1) is 0 Å². The zero-order valence-corrected chi connectivity index (χ0v) is 16.5. The zero-order valence-electron chi connectivity index (χ0n) is 16.5. The monoisotopic (exact) mass is 459 g/mol. The number of hydrogen-bond donors (Lipinski definition) is 0. The second kappa shape index (κ2) is 8.07. The van der Waals surface area contributed by atoms with Crippen molar-refractivity contribution in [2.75, 3.05) is 13.7 Å². The van der Waals surface area contributed by atoms with Gasteiger partial charge in [0.15, 0.2) is 0 Å². The maximum atomic E-state index is 14.4. The van der Waals surface area contributed by atoms with E-state index < -0.39 is 41.2 Å². The molecule has 170 valence electrons. The number of benzene rings is 2. The molecule has 2 aromatic carbocycles. The number of alkyl halides is 7. The minimum Gasteiger partial charge on any atom is -0.462 e. The lowest BCUT2D eigenvalue weighted by molar-refractivity contribution is -0.336. The molecule has 0 N–H and O–H groups in total. The van der Waals surface area contributed by atoms with Crippen molar-refractivity contribution in [2.45, 2.75) is 23.9 Å². The minimum absolute atomic E-state index is 0.106. The Kier molecular flexibility index (Phi) is 5.92. The van der Waals surface area contributed by atoms with E-state index in [1.54, 1.807) is 24.3 Å². The summed E-state index contributed by atoms with van der Waals surface area (Å²) in [7, 11) is 0.717. The van der Waals surface area contributed by atoms with E-state index in [0.717, 1.165) is 18.2 Å². The van der Waals surface area contributed by atoms with Crippen LogP contribution in [0, 0.1) is 0 Å². The molecule has 0 aromatic heterocycles. The molecule has 0 saturated carbocycles. The highest BCUT2D eigenvalue weighted by atomic mass is 19.4. The second-order valence-corrected chi connectivity index (χ2v) is 6.99. The Labute approximate surface area is 178 Å². The number of halogens is 7. The molecule has 1 unspecified atom stereocenters. The maximum absolute atomic E-state index is 14.4. The van der Waals surface area contributed by atoms with E-state index in [2.05, 4.69) is 11.6 Å². The molecule has 0 heterocycles. The van der Waals surface area contributed by atoms with Gasteiger partial charge in [-0.1, -0.05) is 43.0 Å². The Morgan fingerprint density at radius 1 is 1.03 bits per heavy atom. The molecule has 1 aliphatic rings. The van der Waals surface area contributed by atoms with Crippen LogP contribution in [0.4, 0.5) is 30.7 Å². The molecule has 0 radical (unpaired) electrons. The molecule has 0 bridgehead atoms. The Morgan fingerprint density at radius 3 is 2.25 bits per heavy atom. The van der Waals surface area contributed by atoms with Crippen molar-refractivity contribution < 1.29 is 40.3 Å². The van der Waals surface area contributed by atoms with Crippen LogP contribution in [0.2, 0.25) is 0 Å². The zero-order chi connectivity index (χ0) is 23.9. The van der Waals surface area contributed by atoms with Crippen molar-refractivity contribution in [3.05, 3.63) is 71.8 Å². The summed E-state index contributed by atoms with van der Waals surface area (Å²) in [5.41, 5.74) is -0.178. The van der Waals surface area contributed by atoms with Gasteiger partial charge >= 0.3 is 24.0 Å². The van der Waals surface area contributed by atoms with E-state index in [-0.39, 0.29) is 6.61 Å². The first kappa shape index (κ1) is 23.5. The summed E-state index contributed by atoms with van der Waals surface area (Å²) in [5.74, 6) is -13.1. The van der Waals surface area contributed by atoms with E-state index in [1.165, 1.54) is 6.07 Å². The highest BCUT2D eigenvalue weighted by Gasteiger charge is 2.74. The number of fused-ring (bicyclic) bond motifs is 3. The van der Waals surface area contributed by atoms with Crippen LogP contribution >= 0.6 is 0 Å². The van der Waals surface area contributed by atoms with Crippen molar-refractivity contribution in [2.24, 2.45) is 4.99 Å². The maximum Gasteiger partial charge on any atom is 0.460 e. The van der Waals surface area contributed by atoms with Crippen LogP contribution in [0.15, 0.2) is 60.1 Å². The fourth-order valence-electron chi connectivity index (χ4n) is 3.64. The summed E-state index contributed by atoms with van der Waals surface area (Å²) in [4.78, 5) is 14.5. The molecule has 3 rings (SSSR count). The Bertz CT molecular complexity index is 1090. The molecule has 0 amide bonds. The number of esters is 1. The molecule has 32 heavy (non-hydrogen) atoms. The lowest BCUT2D eigenvalue weighted by atomic mass is 9.93. The van der Waals surface area contributed by atoms with Gasteiger partial charge in [0.2, 0.25) is 0 Å². The Hall–Kier alpha value is -3.17. The van der Waals surface area contributed by atoms with Gasteiger partial charge in [-0.25, -0.2) is 4.79 Å².